The molecule has 0 saturated carbocycles. The summed E-state index contributed by atoms with van der Waals surface area (Å²) in [6.45, 7) is 8.30. The molecule has 0 bridgehead atoms. The second-order valence-electron chi connectivity index (χ2n) is 4.01. The van der Waals surface area contributed by atoms with Gasteiger partial charge in [-0.15, -0.1) is 0 Å². The fourth-order valence-electron chi connectivity index (χ4n) is 1.20. The molecule has 0 radical (unpaired) electrons. The summed E-state index contributed by atoms with van der Waals surface area (Å²) in [7, 11) is -3.05. The van der Waals surface area contributed by atoms with Crippen LogP contribution < -0.4 is 0 Å². The fourth-order valence-corrected chi connectivity index (χ4v) is 2.71. The summed E-state index contributed by atoms with van der Waals surface area (Å²) in [5.41, 5.74) is -0.302. The zero-order chi connectivity index (χ0) is 9.99. The molecule has 0 spiro atoms. The van der Waals surface area contributed by atoms with Gasteiger partial charge in [-0.05, 0) is 27.2 Å². The maximum Gasteiger partial charge on any atom is 0.211 e. The Bertz CT molecular complexity index is 226. The second kappa shape index (κ2) is 3.75. The minimum Gasteiger partial charge on any atom is -0.212 e. The molecule has 0 aromatic carbocycles. The first-order chi connectivity index (χ1) is 5.19. The first-order valence-electron chi connectivity index (χ1n) is 4.17. The van der Waals surface area contributed by atoms with E-state index >= 15 is 0 Å². The van der Waals surface area contributed by atoms with E-state index in [2.05, 4.69) is 0 Å². The third-order valence-electron chi connectivity index (χ3n) is 1.58. The van der Waals surface area contributed by atoms with Crippen molar-refractivity contribution < 1.29 is 8.42 Å². The smallest absolute Gasteiger partial charge is 0.211 e. The third-order valence-corrected chi connectivity index (χ3v) is 3.11. The molecular weight excluding hydrogens is 174 g/mol. The first-order valence-corrected chi connectivity index (χ1v) is 6.02. The highest BCUT2D eigenvalue weighted by atomic mass is 32.2. The Balaban J connectivity index is 4.70. The lowest BCUT2D eigenvalue weighted by Gasteiger charge is -2.32. The van der Waals surface area contributed by atoms with E-state index < -0.39 is 10.0 Å². The molecular formula is C8H19NO2S. The summed E-state index contributed by atoms with van der Waals surface area (Å²) in [6, 6.07) is 0. The van der Waals surface area contributed by atoms with Crippen LogP contribution in [0.2, 0.25) is 0 Å². The fraction of sp³-hybridized carbons (Fsp3) is 1.00. The lowest BCUT2D eigenvalue weighted by molar-refractivity contribution is 0.251. The van der Waals surface area contributed by atoms with Gasteiger partial charge in [0.15, 0.2) is 0 Å². The van der Waals surface area contributed by atoms with Crippen molar-refractivity contribution in [1.82, 2.24) is 4.31 Å². The highest BCUT2D eigenvalue weighted by Crippen LogP contribution is 2.16. The molecule has 3 nitrogen and oxygen atoms in total. The molecule has 0 saturated heterocycles. The van der Waals surface area contributed by atoms with E-state index in [1.165, 1.54) is 10.6 Å². The van der Waals surface area contributed by atoms with Crippen LogP contribution >= 0.6 is 0 Å². The topological polar surface area (TPSA) is 37.4 Å². The van der Waals surface area contributed by atoms with Crippen LogP contribution in [-0.4, -0.2) is 31.1 Å². The van der Waals surface area contributed by atoms with Gasteiger partial charge in [0, 0.05) is 12.1 Å². The van der Waals surface area contributed by atoms with Crippen LogP contribution in [0.1, 0.15) is 34.1 Å². The van der Waals surface area contributed by atoms with Crippen LogP contribution in [0.4, 0.5) is 0 Å². The van der Waals surface area contributed by atoms with Gasteiger partial charge in [0.2, 0.25) is 10.0 Å². The summed E-state index contributed by atoms with van der Waals surface area (Å²) >= 11 is 0. The Morgan fingerprint density at radius 3 is 1.75 bits per heavy atom. The largest absolute Gasteiger partial charge is 0.212 e. The van der Waals surface area contributed by atoms with E-state index in [-0.39, 0.29) is 5.54 Å². The first kappa shape index (κ1) is 11.9. The lowest BCUT2D eigenvalue weighted by atomic mass is 10.1. The van der Waals surface area contributed by atoms with Gasteiger partial charge in [-0.1, -0.05) is 6.92 Å². The van der Waals surface area contributed by atoms with Crippen molar-refractivity contribution in [2.45, 2.75) is 39.7 Å². The van der Waals surface area contributed by atoms with Crippen molar-refractivity contribution in [3.63, 3.8) is 0 Å². The Hall–Kier alpha value is -0.0900. The minimum atomic E-state index is -3.05. The molecule has 0 aliphatic carbocycles. The molecule has 0 aromatic rings. The van der Waals surface area contributed by atoms with Crippen molar-refractivity contribution in [2.75, 3.05) is 12.8 Å². The number of hydrogen-bond acceptors (Lipinski definition) is 2. The maximum absolute atomic E-state index is 11.3. The van der Waals surface area contributed by atoms with Crippen LogP contribution in [0, 0.1) is 0 Å². The van der Waals surface area contributed by atoms with Gasteiger partial charge in [-0.3, -0.25) is 0 Å². The van der Waals surface area contributed by atoms with E-state index in [1.807, 2.05) is 27.7 Å². The molecule has 0 aromatic heterocycles. The maximum atomic E-state index is 11.3. The van der Waals surface area contributed by atoms with E-state index in [1.54, 1.807) is 0 Å². The van der Waals surface area contributed by atoms with E-state index in [0.29, 0.717) is 6.54 Å². The Kier molecular flexibility index (Phi) is 3.72. The average molecular weight is 193 g/mol. The Morgan fingerprint density at radius 2 is 1.67 bits per heavy atom. The number of hydrogen-bond donors (Lipinski definition) is 0. The van der Waals surface area contributed by atoms with E-state index in [9.17, 15) is 8.42 Å². The van der Waals surface area contributed by atoms with E-state index in [4.69, 9.17) is 0 Å². The van der Waals surface area contributed by atoms with Crippen molar-refractivity contribution in [2.24, 2.45) is 0 Å². The van der Waals surface area contributed by atoms with Gasteiger partial charge in [0.05, 0.1) is 6.26 Å². The van der Waals surface area contributed by atoms with Crippen LogP contribution in [0.5, 0.6) is 0 Å². The molecule has 12 heavy (non-hydrogen) atoms. The summed E-state index contributed by atoms with van der Waals surface area (Å²) in [5.74, 6) is 0. The lowest BCUT2D eigenvalue weighted by Crippen LogP contribution is -2.45. The van der Waals surface area contributed by atoms with Crippen molar-refractivity contribution in [3.05, 3.63) is 0 Å². The zero-order valence-corrected chi connectivity index (χ0v) is 9.40. The predicted molar refractivity (Wildman–Crippen MR) is 51.6 cm³/mol. The standard InChI is InChI=1S/C8H19NO2S/c1-6-7-9(8(2,3)4)12(5,10)11/h6-7H2,1-5H3. The molecule has 4 heteroatoms. The number of sulfonamides is 1. The molecule has 0 atom stereocenters. The molecule has 0 rings (SSSR count). The van der Waals surface area contributed by atoms with E-state index in [0.717, 1.165) is 6.42 Å². The van der Waals surface area contributed by atoms with Gasteiger partial charge in [-0.25, -0.2) is 8.42 Å². The van der Waals surface area contributed by atoms with Crippen LogP contribution in [0.3, 0.4) is 0 Å². The number of rotatable bonds is 3. The molecule has 0 amide bonds. The van der Waals surface area contributed by atoms with Crippen LogP contribution in [0.25, 0.3) is 0 Å². The molecule has 0 N–H and O–H groups in total. The van der Waals surface area contributed by atoms with Crippen molar-refractivity contribution in [1.29, 1.82) is 0 Å². The Labute approximate surface area is 75.8 Å². The van der Waals surface area contributed by atoms with Gasteiger partial charge in [0.25, 0.3) is 0 Å². The SMILES string of the molecule is CCCN(C(C)(C)C)S(C)(=O)=O. The zero-order valence-electron chi connectivity index (χ0n) is 8.59. The van der Waals surface area contributed by atoms with Crippen molar-refractivity contribution >= 4 is 10.0 Å². The normalized spacial score (nSPS) is 13.8. The summed E-state index contributed by atoms with van der Waals surface area (Å²) in [4.78, 5) is 0. The summed E-state index contributed by atoms with van der Waals surface area (Å²) in [5, 5.41) is 0. The van der Waals surface area contributed by atoms with Gasteiger partial charge >= 0.3 is 0 Å². The van der Waals surface area contributed by atoms with Crippen LogP contribution in [-0.2, 0) is 10.0 Å². The summed E-state index contributed by atoms with van der Waals surface area (Å²) in [6.07, 6.45) is 2.11. The average Bonchev–Trinajstić information content (AvgIpc) is 1.77. The molecule has 0 heterocycles. The Morgan fingerprint density at radius 1 is 1.25 bits per heavy atom. The predicted octanol–water partition coefficient (Wildman–Crippen LogP) is 1.46. The molecule has 0 unspecified atom stereocenters. The molecule has 74 valence electrons. The molecule has 0 fully saturated rings. The van der Waals surface area contributed by atoms with Crippen LogP contribution in [0.15, 0.2) is 0 Å². The van der Waals surface area contributed by atoms with Gasteiger partial charge < -0.3 is 0 Å². The van der Waals surface area contributed by atoms with Gasteiger partial charge in [0.1, 0.15) is 0 Å². The monoisotopic (exact) mass is 193 g/mol. The third kappa shape index (κ3) is 3.54. The highest BCUT2D eigenvalue weighted by molar-refractivity contribution is 7.88. The second-order valence-corrected chi connectivity index (χ2v) is 5.91. The van der Waals surface area contributed by atoms with Gasteiger partial charge in [-0.2, -0.15) is 4.31 Å². The highest BCUT2D eigenvalue weighted by Gasteiger charge is 2.28. The quantitative estimate of drug-likeness (QED) is 0.680. The minimum absolute atomic E-state index is 0.302. The summed E-state index contributed by atoms with van der Waals surface area (Å²) < 4.78 is 24.1. The number of nitrogens with zero attached hydrogens (tertiary/aromatic N) is 1. The molecule has 0 aliphatic rings. The van der Waals surface area contributed by atoms with Crippen molar-refractivity contribution in [3.8, 4) is 0 Å². The molecule has 0 aliphatic heterocycles.